The number of hydrogen-bond donors (Lipinski definition) is 2. The van der Waals surface area contributed by atoms with Crippen molar-refractivity contribution in [3.05, 3.63) is 29.3 Å². The van der Waals surface area contributed by atoms with E-state index in [0.29, 0.717) is 16.7 Å². The van der Waals surface area contributed by atoms with Crippen molar-refractivity contribution >= 4 is 11.6 Å². The monoisotopic (exact) mass is 275 g/mol. The molecule has 20 heavy (non-hydrogen) atoms. The molecule has 4 nitrogen and oxygen atoms in total. The maximum Gasteiger partial charge on any atom is 0.256 e. The lowest BCUT2D eigenvalue weighted by Gasteiger charge is -2.26. The van der Waals surface area contributed by atoms with Gasteiger partial charge in [-0.2, -0.15) is 0 Å². The molecule has 0 aromatic heterocycles. The highest BCUT2D eigenvalue weighted by Gasteiger charge is 2.37. The molecule has 0 spiro atoms. The summed E-state index contributed by atoms with van der Waals surface area (Å²) >= 11 is 0. The topological polar surface area (TPSA) is 58.4 Å². The number of nitrogens with zero attached hydrogens (tertiary/aromatic N) is 1. The number of anilines is 1. The lowest BCUT2D eigenvalue weighted by Crippen LogP contribution is -2.32. The minimum atomic E-state index is 0.0849. The summed E-state index contributed by atoms with van der Waals surface area (Å²) in [5, 5.41) is 0. The van der Waals surface area contributed by atoms with Crippen LogP contribution in [-0.4, -0.2) is 23.9 Å². The Labute approximate surface area is 121 Å². The molecule has 1 saturated heterocycles. The summed E-state index contributed by atoms with van der Waals surface area (Å²) < 4.78 is 0. The van der Waals surface area contributed by atoms with Gasteiger partial charge in [0, 0.05) is 13.1 Å². The first-order valence-electron chi connectivity index (χ1n) is 7.42. The van der Waals surface area contributed by atoms with Crippen LogP contribution >= 0.6 is 0 Å². The molecule has 1 amide bonds. The maximum absolute atomic E-state index is 12.7. The number of aryl methyl sites for hydroxylation is 1. The summed E-state index contributed by atoms with van der Waals surface area (Å²) in [7, 11) is 0. The number of carbonyl (C=O) groups is 1. The van der Waals surface area contributed by atoms with Gasteiger partial charge in [0.1, 0.15) is 0 Å². The number of rotatable bonds is 4. The Morgan fingerprint density at radius 2 is 2.10 bits per heavy atom. The van der Waals surface area contributed by atoms with Gasteiger partial charge in [0.25, 0.3) is 5.91 Å². The van der Waals surface area contributed by atoms with Crippen molar-refractivity contribution in [3.8, 4) is 0 Å². The number of nitrogens with two attached hydrogens (primary N) is 1. The first kappa shape index (κ1) is 14.9. The van der Waals surface area contributed by atoms with E-state index in [1.54, 1.807) is 0 Å². The molecule has 0 unspecified atom stereocenters. The van der Waals surface area contributed by atoms with E-state index in [2.05, 4.69) is 19.3 Å². The van der Waals surface area contributed by atoms with Gasteiger partial charge >= 0.3 is 0 Å². The Hall–Kier alpha value is -1.55. The van der Waals surface area contributed by atoms with Crippen LogP contribution in [0.15, 0.2) is 18.2 Å². The molecule has 1 fully saturated rings. The minimum Gasteiger partial charge on any atom is -0.338 e. The van der Waals surface area contributed by atoms with E-state index in [-0.39, 0.29) is 5.91 Å². The summed E-state index contributed by atoms with van der Waals surface area (Å²) in [6.45, 7) is 8.13. The number of nitrogen functional groups attached to an aromatic ring is 1. The van der Waals surface area contributed by atoms with Crippen molar-refractivity contribution in [2.45, 2.75) is 40.0 Å². The van der Waals surface area contributed by atoms with E-state index in [9.17, 15) is 4.79 Å². The maximum atomic E-state index is 12.7. The zero-order chi connectivity index (χ0) is 14.8. The zero-order valence-electron chi connectivity index (χ0n) is 12.7. The first-order valence-corrected chi connectivity index (χ1v) is 7.42. The van der Waals surface area contributed by atoms with Gasteiger partial charge in [0.2, 0.25) is 0 Å². The molecule has 0 atom stereocenters. The van der Waals surface area contributed by atoms with Crippen LogP contribution in [0, 0.1) is 12.3 Å². The quantitative estimate of drug-likeness (QED) is 0.656. The summed E-state index contributed by atoms with van der Waals surface area (Å²) in [6.07, 6.45) is 3.36. The third kappa shape index (κ3) is 2.66. The molecule has 2 rings (SSSR count). The van der Waals surface area contributed by atoms with Crippen LogP contribution in [0.2, 0.25) is 0 Å². The molecule has 3 N–H and O–H groups in total. The van der Waals surface area contributed by atoms with Crippen LogP contribution < -0.4 is 11.3 Å². The highest BCUT2D eigenvalue weighted by atomic mass is 16.2. The van der Waals surface area contributed by atoms with Gasteiger partial charge in [-0.15, -0.1) is 0 Å². The highest BCUT2D eigenvalue weighted by molar-refractivity contribution is 5.99. The van der Waals surface area contributed by atoms with Crippen LogP contribution in [0.3, 0.4) is 0 Å². The predicted molar refractivity (Wildman–Crippen MR) is 82.5 cm³/mol. The van der Waals surface area contributed by atoms with Gasteiger partial charge in [0.15, 0.2) is 0 Å². The van der Waals surface area contributed by atoms with Crippen molar-refractivity contribution in [1.29, 1.82) is 0 Å². The molecule has 0 aliphatic carbocycles. The number of hydrazine groups is 1. The van der Waals surface area contributed by atoms with Crippen molar-refractivity contribution in [3.63, 3.8) is 0 Å². The largest absolute Gasteiger partial charge is 0.338 e. The molecule has 1 aromatic carbocycles. The molecular formula is C16H25N3O. The normalized spacial score (nSPS) is 17.3. The van der Waals surface area contributed by atoms with Crippen molar-refractivity contribution < 1.29 is 4.79 Å². The van der Waals surface area contributed by atoms with Gasteiger partial charge in [-0.3, -0.25) is 10.6 Å². The smallest absolute Gasteiger partial charge is 0.256 e. The average molecular weight is 275 g/mol. The first-order chi connectivity index (χ1) is 9.55. The average Bonchev–Trinajstić information content (AvgIpc) is 2.91. The zero-order valence-corrected chi connectivity index (χ0v) is 12.7. The molecule has 1 aromatic rings. The van der Waals surface area contributed by atoms with Gasteiger partial charge in [-0.1, -0.05) is 19.9 Å². The Kier molecular flexibility index (Phi) is 4.33. The number of benzene rings is 1. The van der Waals surface area contributed by atoms with E-state index in [1.807, 2.05) is 30.0 Å². The van der Waals surface area contributed by atoms with E-state index < -0.39 is 0 Å². The fourth-order valence-electron chi connectivity index (χ4n) is 3.07. The van der Waals surface area contributed by atoms with Gasteiger partial charge in [-0.05, 0) is 49.3 Å². The van der Waals surface area contributed by atoms with E-state index in [0.717, 1.165) is 37.9 Å². The Bertz CT molecular complexity index is 494. The molecule has 1 aliphatic rings. The summed E-state index contributed by atoms with van der Waals surface area (Å²) in [6, 6.07) is 5.73. The second-order valence-corrected chi connectivity index (χ2v) is 5.88. The third-order valence-electron chi connectivity index (χ3n) is 4.79. The standard InChI is InChI=1S/C16H25N3O/c1-4-16(5-2)8-9-19(11-16)15(20)13-7-6-12(3)10-14(13)18-17/h6-7,10,18H,4-5,8-9,11,17H2,1-3H3. The van der Waals surface area contributed by atoms with Gasteiger partial charge in [-0.25, -0.2) is 0 Å². The van der Waals surface area contributed by atoms with Gasteiger partial charge in [0.05, 0.1) is 11.3 Å². The molecular weight excluding hydrogens is 250 g/mol. The third-order valence-corrected chi connectivity index (χ3v) is 4.79. The second-order valence-electron chi connectivity index (χ2n) is 5.88. The van der Waals surface area contributed by atoms with Crippen LogP contribution in [0.25, 0.3) is 0 Å². The number of amides is 1. The molecule has 4 heteroatoms. The summed E-state index contributed by atoms with van der Waals surface area (Å²) in [4.78, 5) is 14.7. The molecule has 110 valence electrons. The molecule has 0 radical (unpaired) electrons. The fourth-order valence-corrected chi connectivity index (χ4v) is 3.07. The van der Waals surface area contributed by atoms with Crippen molar-refractivity contribution in [1.82, 2.24) is 4.90 Å². The minimum absolute atomic E-state index is 0.0849. The Morgan fingerprint density at radius 1 is 1.40 bits per heavy atom. The number of likely N-dealkylation sites (tertiary alicyclic amines) is 1. The predicted octanol–water partition coefficient (Wildman–Crippen LogP) is 2.93. The molecule has 1 heterocycles. The molecule has 0 saturated carbocycles. The lowest BCUT2D eigenvalue weighted by atomic mass is 9.82. The highest BCUT2D eigenvalue weighted by Crippen LogP contribution is 2.37. The van der Waals surface area contributed by atoms with E-state index >= 15 is 0 Å². The fraction of sp³-hybridized carbons (Fsp3) is 0.562. The second kappa shape index (κ2) is 5.83. The van der Waals surface area contributed by atoms with E-state index in [4.69, 9.17) is 5.84 Å². The Balaban J connectivity index is 2.21. The van der Waals surface area contributed by atoms with Crippen LogP contribution in [-0.2, 0) is 0 Å². The van der Waals surface area contributed by atoms with E-state index in [1.165, 1.54) is 0 Å². The summed E-state index contributed by atoms with van der Waals surface area (Å²) in [5.41, 5.74) is 5.41. The number of nitrogens with one attached hydrogen (secondary N) is 1. The lowest BCUT2D eigenvalue weighted by molar-refractivity contribution is 0.0771. The van der Waals surface area contributed by atoms with Gasteiger partial charge < -0.3 is 10.3 Å². The number of carbonyl (C=O) groups excluding carboxylic acids is 1. The van der Waals surface area contributed by atoms with Crippen molar-refractivity contribution in [2.24, 2.45) is 11.3 Å². The van der Waals surface area contributed by atoms with Crippen molar-refractivity contribution in [2.75, 3.05) is 18.5 Å². The SMILES string of the molecule is CCC1(CC)CCN(C(=O)c2ccc(C)cc2NN)C1. The van der Waals surface area contributed by atoms with Crippen LogP contribution in [0.5, 0.6) is 0 Å². The Morgan fingerprint density at radius 3 is 2.65 bits per heavy atom. The summed E-state index contributed by atoms with van der Waals surface area (Å²) in [5.74, 6) is 5.63. The van der Waals surface area contributed by atoms with Crippen LogP contribution in [0.4, 0.5) is 5.69 Å². The molecule has 1 aliphatic heterocycles. The molecule has 0 bridgehead atoms. The van der Waals surface area contributed by atoms with Crippen LogP contribution in [0.1, 0.15) is 49.0 Å². The number of hydrogen-bond acceptors (Lipinski definition) is 3.